The van der Waals surface area contributed by atoms with Crippen LogP contribution in [0.3, 0.4) is 0 Å². The standard InChI is InChI=1S/C13H12N2O4S2/c14-21(18,19)10-5-6-11-13(7-10)20(16,17)12-4-2-1-3-9(12)8-15-11/h2,4-8H,1,3H2,(H2,14,18,19). The van der Waals surface area contributed by atoms with Gasteiger partial charge >= 0.3 is 0 Å². The molecule has 0 radical (unpaired) electrons. The van der Waals surface area contributed by atoms with Crippen LogP contribution in [0.1, 0.15) is 12.8 Å². The van der Waals surface area contributed by atoms with Gasteiger partial charge in [0.2, 0.25) is 19.9 Å². The smallest absolute Gasteiger partial charge is 0.238 e. The van der Waals surface area contributed by atoms with Gasteiger partial charge in [-0.05, 0) is 42.7 Å². The minimum Gasteiger partial charge on any atom is -0.255 e. The van der Waals surface area contributed by atoms with E-state index in [2.05, 4.69) is 4.99 Å². The maximum absolute atomic E-state index is 12.7. The van der Waals surface area contributed by atoms with E-state index in [1.807, 2.05) is 0 Å². The van der Waals surface area contributed by atoms with E-state index in [0.29, 0.717) is 12.0 Å². The summed E-state index contributed by atoms with van der Waals surface area (Å²) in [5.74, 6) is 0. The fourth-order valence-corrected chi connectivity index (χ4v) is 4.61. The second-order valence-electron chi connectivity index (χ2n) is 4.77. The first-order chi connectivity index (χ1) is 9.80. The van der Waals surface area contributed by atoms with Crippen molar-refractivity contribution >= 4 is 31.8 Å². The molecule has 0 bridgehead atoms. The van der Waals surface area contributed by atoms with Crippen LogP contribution < -0.4 is 5.14 Å². The first-order valence-electron chi connectivity index (χ1n) is 6.16. The Labute approximate surface area is 122 Å². The van der Waals surface area contributed by atoms with Crippen molar-refractivity contribution in [2.45, 2.75) is 22.6 Å². The quantitative estimate of drug-likeness (QED) is 0.843. The van der Waals surface area contributed by atoms with Crippen molar-refractivity contribution in [3.8, 4) is 0 Å². The monoisotopic (exact) mass is 324 g/mol. The summed E-state index contributed by atoms with van der Waals surface area (Å²) >= 11 is 0. The third kappa shape index (κ3) is 2.35. The number of fused-ring (bicyclic) bond motifs is 1. The molecule has 3 rings (SSSR count). The number of sulfone groups is 1. The molecule has 0 aromatic heterocycles. The van der Waals surface area contributed by atoms with Gasteiger partial charge in [0, 0.05) is 6.21 Å². The van der Waals surface area contributed by atoms with E-state index in [1.54, 1.807) is 12.2 Å². The van der Waals surface area contributed by atoms with Crippen LogP contribution >= 0.6 is 0 Å². The van der Waals surface area contributed by atoms with Crippen LogP contribution in [0.2, 0.25) is 0 Å². The van der Waals surface area contributed by atoms with E-state index in [1.165, 1.54) is 18.3 Å². The molecule has 0 atom stereocenters. The largest absolute Gasteiger partial charge is 0.255 e. The number of primary sulfonamides is 1. The number of nitrogens with zero attached hydrogens (tertiary/aromatic N) is 1. The molecule has 2 N–H and O–H groups in total. The minimum absolute atomic E-state index is 0.137. The summed E-state index contributed by atoms with van der Waals surface area (Å²) in [5.41, 5.74) is 0.844. The summed E-state index contributed by atoms with van der Waals surface area (Å²) in [4.78, 5) is 3.94. The van der Waals surface area contributed by atoms with Crippen LogP contribution in [0.15, 0.2) is 55.6 Å². The first-order valence-corrected chi connectivity index (χ1v) is 9.19. The molecular weight excluding hydrogens is 312 g/mol. The lowest BCUT2D eigenvalue weighted by Crippen LogP contribution is -2.13. The number of aliphatic imine (C=N–C) groups is 1. The molecule has 1 aliphatic carbocycles. The lowest BCUT2D eigenvalue weighted by atomic mass is 10.1. The van der Waals surface area contributed by atoms with Crippen molar-refractivity contribution in [2.75, 3.05) is 0 Å². The van der Waals surface area contributed by atoms with Crippen LogP contribution in [-0.2, 0) is 19.9 Å². The topological polar surface area (TPSA) is 107 Å². The Balaban J connectivity index is 2.32. The van der Waals surface area contributed by atoms with Crippen molar-refractivity contribution in [3.05, 3.63) is 40.8 Å². The highest BCUT2D eigenvalue weighted by atomic mass is 32.2. The molecule has 0 saturated heterocycles. The number of hydrogen-bond acceptors (Lipinski definition) is 5. The van der Waals surface area contributed by atoms with Gasteiger partial charge in [0.15, 0.2) is 0 Å². The van der Waals surface area contributed by atoms with E-state index < -0.39 is 19.9 Å². The van der Waals surface area contributed by atoms with Crippen molar-refractivity contribution in [2.24, 2.45) is 10.1 Å². The summed E-state index contributed by atoms with van der Waals surface area (Å²) in [6.07, 6.45) is 6.18. The zero-order chi connectivity index (χ0) is 15.3. The molecule has 0 amide bonds. The van der Waals surface area contributed by atoms with Crippen LogP contribution in [0.25, 0.3) is 0 Å². The van der Waals surface area contributed by atoms with Crippen molar-refractivity contribution in [1.29, 1.82) is 0 Å². The molecule has 21 heavy (non-hydrogen) atoms. The summed E-state index contributed by atoms with van der Waals surface area (Å²) in [6, 6.07) is 3.67. The van der Waals surface area contributed by atoms with E-state index in [0.717, 1.165) is 12.5 Å². The Morgan fingerprint density at radius 1 is 1.24 bits per heavy atom. The third-order valence-corrected chi connectivity index (χ3v) is 6.16. The predicted octanol–water partition coefficient (Wildman–Crippen LogP) is 1.43. The second-order valence-corrected chi connectivity index (χ2v) is 8.21. The Kier molecular flexibility index (Phi) is 3.12. The zero-order valence-corrected chi connectivity index (χ0v) is 12.5. The number of rotatable bonds is 1. The Hall–Kier alpha value is -1.77. The molecule has 1 aromatic rings. The van der Waals surface area contributed by atoms with Gasteiger partial charge in [-0.25, -0.2) is 22.0 Å². The Morgan fingerprint density at radius 3 is 2.71 bits per heavy atom. The Bertz CT molecular complexity index is 923. The average Bonchev–Trinajstić information content (AvgIpc) is 2.54. The predicted molar refractivity (Wildman–Crippen MR) is 78.6 cm³/mol. The van der Waals surface area contributed by atoms with E-state index in [9.17, 15) is 16.8 Å². The van der Waals surface area contributed by atoms with Gasteiger partial charge in [-0.1, -0.05) is 6.08 Å². The van der Waals surface area contributed by atoms with E-state index in [4.69, 9.17) is 5.14 Å². The molecule has 0 unspecified atom stereocenters. The van der Waals surface area contributed by atoms with E-state index >= 15 is 0 Å². The van der Waals surface area contributed by atoms with Crippen LogP contribution in [0.4, 0.5) is 5.69 Å². The summed E-state index contributed by atoms with van der Waals surface area (Å²) in [5, 5.41) is 5.06. The fraction of sp³-hybridized carbons (Fsp3) is 0.154. The maximum Gasteiger partial charge on any atom is 0.238 e. The molecular formula is C13H12N2O4S2. The molecule has 0 spiro atoms. The molecule has 0 fully saturated rings. The van der Waals surface area contributed by atoms with Gasteiger partial charge in [-0.3, -0.25) is 4.99 Å². The van der Waals surface area contributed by atoms with E-state index in [-0.39, 0.29) is 20.4 Å². The van der Waals surface area contributed by atoms with Crippen molar-refractivity contribution in [3.63, 3.8) is 0 Å². The molecule has 6 nitrogen and oxygen atoms in total. The summed E-state index contributed by atoms with van der Waals surface area (Å²) < 4.78 is 48.3. The number of sulfonamides is 1. The van der Waals surface area contributed by atoms with Crippen LogP contribution in [0, 0.1) is 0 Å². The second kappa shape index (κ2) is 4.62. The van der Waals surface area contributed by atoms with Crippen LogP contribution in [0.5, 0.6) is 0 Å². The highest BCUT2D eigenvalue weighted by molar-refractivity contribution is 7.95. The zero-order valence-electron chi connectivity index (χ0n) is 10.9. The van der Waals surface area contributed by atoms with Gasteiger partial charge in [0.1, 0.15) is 0 Å². The van der Waals surface area contributed by atoms with Gasteiger partial charge in [0.05, 0.1) is 20.4 Å². The van der Waals surface area contributed by atoms with Crippen molar-refractivity contribution < 1.29 is 16.8 Å². The lowest BCUT2D eigenvalue weighted by molar-refractivity contribution is 0.597. The highest BCUT2D eigenvalue weighted by Crippen LogP contribution is 2.37. The fourth-order valence-electron chi connectivity index (χ4n) is 2.31. The number of nitrogens with two attached hydrogens (primary N) is 1. The first kappa shape index (κ1) is 14.2. The normalized spacial score (nSPS) is 19.9. The molecule has 8 heteroatoms. The number of benzene rings is 1. The molecule has 1 aliphatic heterocycles. The molecule has 1 heterocycles. The third-order valence-electron chi connectivity index (χ3n) is 3.36. The molecule has 2 aliphatic rings. The lowest BCUT2D eigenvalue weighted by Gasteiger charge is -2.12. The summed E-state index contributed by atoms with van der Waals surface area (Å²) in [6.45, 7) is 0. The highest BCUT2D eigenvalue weighted by Gasteiger charge is 2.29. The van der Waals surface area contributed by atoms with Gasteiger partial charge in [-0.15, -0.1) is 0 Å². The van der Waals surface area contributed by atoms with Gasteiger partial charge in [0.25, 0.3) is 0 Å². The number of hydrogen-bond donors (Lipinski definition) is 1. The van der Waals surface area contributed by atoms with Crippen molar-refractivity contribution in [1.82, 2.24) is 0 Å². The van der Waals surface area contributed by atoms with Crippen LogP contribution in [-0.4, -0.2) is 23.1 Å². The molecule has 110 valence electrons. The minimum atomic E-state index is -3.98. The Morgan fingerprint density at radius 2 is 2.00 bits per heavy atom. The molecule has 0 saturated carbocycles. The SMILES string of the molecule is NS(=O)(=O)c1ccc2c(c1)S(=O)(=O)C1=C(C=N2)CCC=C1. The summed E-state index contributed by atoms with van der Waals surface area (Å²) in [7, 11) is -7.79. The average molecular weight is 324 g/mol. The van der Waals surface area contributed by atoms with Gasteiger partial charge < -0.3 is 0 Å². The van der Waals surface area contributed by atoms with Gasteiger partial charge in [-0.2, -0.15) is 0 Å². The molecule has 1 aromatic carbocycles. The number of allylic oxidation sites excluding steroid dienone is 3. The maximum atomic E-state index is 12.7.